The van der Waals surface area contributed by atoms with Crippen LogP contribution in [0, 0.1) is 5.82 Å². The Morgan fingerprint density at radius 2 is 2.00 bits per heavy atom. The van der Waals surface area contributed by atoms with E-state index in [0.29, 0.717) is 16.9 Å². The summed E-state index contributed by atoms with van der Waals surface area (Å²) >= 11 is 0. The smallest absolute Gasteiger partial charge is 0.257 e. The van der Waals surface area contributed by atoms with E-state index in [4.69, 9.17) is 0 Å². The third kappa shape index (κ3) is 4.03. The predicted molar refractivity (Wildman–Crippen MR) is 105 cm³/mol. The van der Waals surface area contributed by atoms with E-state index < -0.39 is 0 Å². The lowest BCUT2D eigenvalue weighted by molar-refractivity contribution is -0.110. The van der Waals surface area contributed by atoms with Crippen molar-refractivity contribution in [3.05, 3.63) is 60.0 Å². The van der Waals surface area contributed by atoms with Crippen LogP contribution in [0.4, 0.5) is 21.5 Å². The van der Waals surface area contributed by atoms with Gasteiger partial charge in [-0.05, 0) is 45.3 Å². The van der Waals surface area contributed by atoms with Gasteiger partial charge in [0, 0.05) is 35.7 Å². The topological polar surface area (TPSA) is 56.4 Å². The summed E-state index contributed by atoms with van der Waals surface area (Å²) in [6, 6.07) is 12.5. The second-order valence-corrected chi connectivity index (χ2v) is 6.70. The lowest BCUT2D eigenvalue weighted by Crippen LogP contribution is -2.29. The minimum Gasteiger partial charge on any atom is -0.379 e. The lowest BCUT2D eigenvalue weighted by Gasteiger charge is -2.20. The number of nitrogens with zero attached hydrogens (tertiary/aromatic N) is 1. The van der Waals surface area contributed by atoms with Gasteiger partial charge in [0.2, 0.25) is 0 Å². The van der Waals surface area contributed by atoms with E-state index in [1.54, 1.807) is 18.3 Å². The highest BCUT2D eigenvalue weighted by Crippen LogP contribution is 2.31. The maximum Gasteiger partial charge on any atom is 0.257 e. The first-order valence-electron chi connectivity index (χ1n) is 8.52. The quantitative estimate of drug-likeness (QED) is 0.694. The van der Waals surface area contributed by atoms with Crippen LogP contribution in [0.25, 0.3) is 5.57 Å². The summed E-state index contributed by atoms with van der Waals surface area (Å²) in [5.41, 5.74) is 3.19. The summed E-state index contributed by atoms with van der Waals surface area (Å²) in [6.07, 6.45) is 1.61. The van der Waals surface area contributed by atoms with Crippen LogP contribution < -0.4 is 16.0 Å². The first-order valence-corrected chi connectivity index (χ1v) is 8.52. The largest absolute Gasteiger partial charge is 0.379 e. The van der Waals surface area contributed by atoms with Crippen LogP contribution >= 0.6 is 0 Å². The van der Waals surface area contributed by atoms with E-state index in [1.807, 2.05) is 50.2 Å². The molecule has 136 valence electrons. The lowest BCUT2D eigenvalue weighted by atomic mass is 10.1. The summed E-state index contributed by atoms with van der Waals surface area (Å²) in [7, 11) is 3.96. The Balaban J connectivity index is 1.72. The van der Waals surface area contributed by atoms with E-state index in [2.05, 4.69) is 16.0 Å². The van der Waals surface area contributed by atoms with E-state index in [-0.39, 0.29) is 17.8 Å². The van der Waals surface area contributed by atoms with Crippen LogP contribution in [0.2, 0.25) is 0 Å². The molecule has 0 saturated heterocycles. The Morgan fingerprint density at radius 1 is 1.23 bits per heavy atom. The number of carbonyl (C=O) groups is 1. The zero-order valence-corrected chi connectivity index (χ0v) is 15.1. The molecule has 1 atom stereocenters. The van der Waals surface area contributed by atoms with Gasteiger partial charge in [0.15, 0.2) is 0 Å². The van der Waals surface area contributed by atoms with E-state index in [1.165, 1.54) is 6.07 Å². The molecule has 0 saturated carbocycles. The SMILES string of the molecule is CC(CN(C)C)Nc1ccc(N/C=C2/C(=O)Nc3ccccc32)cc1F. The van der Waals surface area contributed by atoms with Gasteiger partial charge >= 0.3 is 0 Å². The van der Waals surface area contributed by atoms with Crippen LogP contribution in [0.5, 0.6) is 0 Å². The molecule has 2 aromatic rings. The summed E-state index contributed by atoms with van der Waals surface area (Å²) in [6.45, 7) is 2.81. The maximum atomic E-state index is 14.3. The average Bonchev–Trinajstić information content (AvgIpc) is 2.90. The number of amides is 1. The Hall–Kier alpha value is -2.86. The van der Waals surface area contributed by atoms with Crippen molar-refractivity contribution < 1.29 is 9.18 Å². The number of likely N-dealkylation sites (N-methyl/N-ethyl adjacent to an activating group) is 1. The third-order valence-corrected chi connectivity index (χ3v) is 4.10. The van der Waals surface area contributed by atoms with Crippen molar-refractivity contribution in [3.63, 3.8) is 0 Å². The molecular formula is C20H23FN4O. The molecule has 0 spiro atoms. The molecule has 5 nitrogen and oxygen atoms in total. The molecule has 1 amide bonds. The van der Waals surface area contributed by atoms with Gasteiger partial charge in [0.05, 0.1) is 11.3 Å². The fraction of sp³-hybridized carbons (Fsp3) is 0.250. The van der Waals surface area contributed by atoms with Crippen LogP contribution in [0.15, 0.2) is 48.7 Å². The molecule has 0 aliphatic carbocycles. The highest BCUT2D eigenvalue weighted by molar-refractivity contribution is 6.31. The normalized spacial score (nSPS) is 15.7. The van der Waals surface area contributed by atoms with Crippen LogP contribution in [-0.2, 0) is 4.79 Å². The molecule has 26 heavy (non-hydrogen) atoms. The Kier molecular flexibility index (Phi) is 5.23. The van der Waals surface area contributed by atoms with Gasteiger partial charge in [-0.25, -0.2) is 4.39 Å². The number of nitrogens with one attached hydrogen (secondary N) is 3. The Morgan fingerprint density at radius 3 is 2.73 bits per heavy atom. The summed E-state index contributed by atoms with van der Waals surface area (Å²) in [4.78, 5) is 14.1. The summed E-state index contributed by atoms with van der Waals surface area (Å²) in [5.74, 6) is -0.509. The number of carbonyl (C=O) groups excluding carboxylic acids is 1. The van der Waals surface area contributed by atoms with Gasteiger partial charge in [0.1, 0.15) is 5.82 Å². The van der Waals surface area contributed by atoms with E-state index >= 15 is 0 Å². The van der Waals surface area contributed by atoms with Gasteiger partial charge in [-0.3, -0.25) is 4.79 Å². The number of benzene rings is 2. The first kappa shape index (κ1) is 17.9. The second-order valence-electron chi connectivity index (χ2n) is 6.70. The molecule has 1 aliphatic rings. The number of para-hydroxylation sites is 1. The van der Waals surface area contributed by atoms with Crippen molar-refractivity contribution >= 4 is 28.5 Å². The fourth-order valence-corrected chi connectivity index (χ4v) is 3.02. The molecule has 3 rings (SSSR count). The summed E-state index contributed by atoms with van der Waals surface area (Å²) < 4.78 is 14.3. The maximum absolute atomic E-state index is 14.3. The highest BCUT2D eigenvalue weighted by atomic mass is 19.1. The van der Waals surface area contributed by atoms with Gasteiger partial charge in [-0.1, -0.05) is 18.2 Å². The third-order valence-electron chi connectivity index (χ3n) is 4.10. The molecule has 1 aliphatic heterocycles. The Bertz CT molecular complexity index is 847. The molecule has 1 unspecified atom stereocenters. The molecule has 3 N–H and O–H groups in total. The molecule has 0 aromatic heterocycles. The van der Waals surface area contributed by atoms with Gasteiger partial charge in [-0.2, -0.15) is 0 Å². The van der Waals surface area contributed by atoms with E-state index in [9.17, 15) is 9.18 Å². The van der Waals surface area contributed by atoms with Crippen LogP contribution in [0.1, 0.15) is 12.5 Å². The number of hydrogen-bond donors (Lipinski definition) is 3. The van der Waals surface area contributed by atoms with Crippen molar-refractivity contribution in [3.8, 4) is 0 Å². The molecule has 0 bridgehead atoms. The zero-order chi connectivity index (χ0) is 18.7. The number of halogens is 1. The minimum absolute atomic E-state index is 0.124. The van der Waals surface area contributed by atoms with Crippen molar-refractivity contribution in [2.24, 2.45) is 0 Å². The molecule has 2 aromatic carbocycles. The van der Waals surface area contributed by atoms with Gasteiger partial charge in [-0.15, -0.1) is 0 Å². The number of anilines is 3. The number of rotatable bonds is 6. The summed E-state index contributed by atoms with van der Waals surface area (Å²) in [5, 5.41) is 8.98. The molecule has 1 heterocycles. The molecular weight excluding hydrogens is 331 g/mol. The zero-order valence-electron chi connectivity index (χ0n) is 15.1. The van der Waals surface area contributed by atoms with Gasteiger partial charge in [0.25, 0.3) is 5.91 Å². The van der Waals surface area contributed by atoms with Crippen molar-refractivity contribution in [2.45, 2.75) is 13.0 Å². The highest BCUT2D eigenvalue weighted by Gasteiger charge is 2.23. The molecule has 6 heteroatoms. The van der Waals surface area contributed by atoms with Crippen LogP contribution in [-0.4, -0.2) is 37.5 Å². The second kappa shape index (κ2) is 7.58. The monoisotopic (exact) mass is 354 g/mol. The van der Waals surface area contributed by atoms with Gasteiger partial charge < -0.3 is 20.9 Å². The first-order chi connectivity index (χ1) is 12.4. The minimum atomic E-state index is -0.338. The molecule has 0 radical (unpaired) electrons. The predicted octanol–water partition coefficient (Wildman–Crippen LogP) is 3.59. The Labute approximate surface area is 152 Å². The van der Waals surface area contributed by atoms with Crippen molar-refractivity contribution in [1.29, 1.82) is 0 Å². The average molecular weight is 354 g/mol. The van der Waals surface area contributed by atoms with Crippen molar-refractivity contribution in [2.75, 3.05) is 36.6 Å². The fourth-order valence-electron chi connectivity index (χ4n) is 3.02. The van der Waals surface area contributed by atoms with E-state index in [0.717, 1.165) is 17.8 Å². The van der Waals surface area contributed by atoms with Crippen LogP contribution in [0.3, 0.4) is 0 Å². The number of fused-ring (bicyclic) bond motifs is 1. The standard InChI is InChI=1S/C20H23FN4O/c1-13(12-25(2)3)23-19-9-8-14(10-17(19)21)22-11-16-15-6-4-5-7-18(15)24-20(16)26/h4-11,13,22-23H,12H2,1-3H3,(H,24,26)/b16-11+. The van der Waals surface area contributed by atoms with Crippen molar-refractivity contribution in [1.82, 2.24) is 4.90 Å². The molecule has 0 fully saturated rings. The number of hydrogen-bond acceptors (Lipinski definition) is 4.